The molecule has 3 aromatic rings. The van der Waals surface area contributed by atoms with Crippen LogP contribution in [-0.2, 0) is 20.9 Å². The molecule has 0 heterocycles. The Hall–Kier alpha value is -3.75. The number of amides is 2. The normalized spacial score (nSPS) is 10.6. The van der Waals surface area contributed by atoms with Gasteiger partial charge in [0.05, 0.1) is 22.2 Å². The van der Waals surface area contributed by atoms with Gasteiger partial charge >= 0.3 is 11.9 Å². The van der Waals surface area contributed by atoms with Crippen LogP contribution in [-0.4, -0.2) is 29.5 Å². The largest absolute Gasteiger partial charge is 0.507 e. The maximum Gasteiger partial charge on any atom is 0.397 e. The fourth-order valence-electron chi connectivity index (χ4n) is 3.28. The first-order chi connectivity index (χ1) is 17.6. The van der Waals surface area contributed by atoms with Crippen LogP contribution >= 0.6 is 23.2 Å². The zero-order valence-electron chi connectivity index (χ0n) is 20.4. The molecule has 8 nitrogen and oxygen atoms in total. The molecular formula is C27H26Cl2N2O6. The highest BCUT2D eigenvalue weighted by Crippen LogP contribution is 2.39. The molecule has 0 spiro atoms. The van der Waals surface area contributed by atoms with Crippen LogP contribution in [0.5, 0.6) is 17.2 Å². The standard InChI is InChI=1S/C27H26Cl2N2O6/c1-4-36-27(35)26(34)31-18-11-21(28)24(22(29)12-18)37-19-9-10-23(32)20(13-19)25(33)30-14-16-5-7-17(8-6-16)15(2)3/h5-13,15,32H,4,14H2,1-3H3,(H,30,33)(H,31,34). The summed E-state index contributed by atoms with van der Waals surface area (Å²) in [7, 11) is 0. The molecule has 37 heavy (non-hydrogen) atoms. The lowest BCUT2D eigenvalue weighted by molar-refractivity contribution is -0.152. The van der Waals surface area contributed by atoms with Gasteiger partial charge < -0.3 is 25.2 Å². The summed E-state index contributed by atoms with van der Waals surface area (Å²) in [6.07, 6.45) is 0. The Balaban J connectivity index is 1.71. The van der Waals surface area contributed by atoms with Gasteiger partial charge in [-0.2, -0.15) is 0 Å². The molecule has 0 bridgehead atoms. The molecule has 0 saturated carbocycles. The summed E-state index contributed by atoms with van der Waals surface area (Å²) in [5.41, 5.74) is 2.28. The van der Waals surface area contributed by atoms with Crippen LogP contribution in [0.25, 0.3) is 0 Å². The Morgan fingerprint density at radius 2 is 1.62 bits per heavy atom. The summed E-state index contributed by atoms with van der Waals surface area (Å²) in [6, 6.07) is 14.7. The molecule has 2 amide bonds. The van der Waals surface area contributed by atoms with Gasteiger partial charge in [-0.25, -0.2) is 4.79 Å². The van der Waals surface area contributed by atoms with Crippen LogP contribution in [0.2, 0.25) is 10.0 Å². The summed E-state index contributed by atoms with van der Waals surface area (Å²) in [5, 5.41) is 15.4. The average Bonchev–Trinajstić information content (AvgIpc) is 2.86. The quantitative estimate of drug-likeness (QED) is 0.235. The Labute approximate surface area is 224 Å². The zero-order chi connectivity index (χ0) is 27.1. The van der Waals surface area contributed by atoms with E-state index in [1.807, 2.05) is 24.3 Å². The maximum absolute atomic E-state index is 12.7. The van der Waals surface area contributed by atoms with Gasteiger partial charge in [0.1, 0.15) is 11.5 Å². The molecule has 3 N–H and O–H groups in total. The highest BCUT2D eigenvalue weighted by molar-refractivity contribution is 6.39. The molecule has 0 aliphatic carbocycles. The number of esters is 1. The summed E-state index contributed by atoms with van der Waals surface area (Å²) in [5.74, 6) is -2.09. The number of phenolic OH excluding ortho intramolecular Hbond substituents is 1. The Morgan fingerprint density at radius 1 is 0.973 bits per heavy atom. The number of hydrogen-bond acceptors (Lipinski definition) is 6. The van der Waals surface area contributed by atoms with Crippen LogP contribution in [0, 0.1) is 0 Å². The zero-order valence-corrected chi connectivity index (χ0v) is 21.9. The van der Waals surface area contributed by atoms with E-state index in [0.29, 0.717) is 5.92 Å². The molecule has 0 atom stereocenters. The van der Waals surface area contributed by atoms with Crippen molar-refractivity contribution < 1.29 is 29.0 Å². The highest BCUT2D eigenvalue weighted by Gasteiger charge is 2.19. The van der Waals surface area contributed by atoms with Crippen molar-refractivity contribution >= 4 is 46.7 Å². The van der Waals surface area contributed by atoms with Gasteiger partial charge in [0, 0.05) is 12.2 Å². The lowest BCUT2D eigenvalue weighted by atomic mass is 10.0. The van der Waals surface area contributed by atoms with Crippen LogP contribution < -0.4 is 15.4 Å². The van der Waals surface area contributed by atoms with Crippen molar-refractivity contribution in [3.8, 4) is 17.2 Å². The molecule has 0 aliphatic heterocycles. The first-order valence-electron chi connectivity index (χ1n) is 11.4. The van der Waals surface area contributed by atoms with Crippen molar-refractivity contribution in [2.75, 3.05) is 11.9 Å². The smallest absolute Gasteiger partial charge is 0.397 e. The Bertz CT molecular complexity index is 1290. The number of rotatable bonds is 8. The predicted octanol–water partition coefficient (Wildman–Crippen LogP) is 6.05. The second-order valence-electron chi connectivity index (χ2n) is 8.30. The van der Waals surface area contributed by atoms with Crippen molar-refractivity contribution in [2.24, 2.45) is 0 Å². The molecule has 10 heteroatoms. The molecule has 0 radical (unpaired) electrons. The maximum atomic E-state index is 12.7. The van der Waals surface area contributed by atoms with Crippen LogP contribution in [0.4, 0.5) is 5.69 Å². The first-order valence-corrected chi connectivity index (χ1v) is 12.2. The molecular weight excluding hydrogens is 519 g/mol. The third kappa shape index (κ3) is 7.38. The SMILES string of the molecule is CCOC(=O)C(=O)Nc1cc(Cl)c(Oc2ccc(O)c(C(=O)NCc3ccc(C(C)C)cc3)c2)c(Cl)c1. The van der Waals surface area contributed by atoms with Crippen LogP contribution in [0.15, 0.2) is 54.6 Å². The molecule has 3 rings (SSSR count). The van der Waals surface area contributed by atoms with Crippen molar-refractivity contribution in [3.05, 3.63) is 81.3 Å². The van der Waals surface area contributed by atoms with Gasteiger partial charge in [-0.3, -0.25) is 9.59 Å². The number of carbonyl (C=O) groups excluding carboxylic acids is 3. The average molecular weight is 545 g/mol. The number of halogens is 2. The Kier molecular flexibility index (Phi) is 9.38. The van der Waals surface area contributed by atoms with Crippen molar-refractivity contribution in [1.29, 1.82) is 0 Å². The van der Waals surface area contributed by atoms with E-state index in [1.165, 1.54) is 35.9 Å². The van der Waals surface area contributed by atoms with Crippen molar-refractivity contribution in [1.82, 2.24) is 5.32 Å². The van der Waals surface area contributed by atoms with Gasteiger partial charge in [0.25, 0.3) is 5.91 Å². The van der Waals surface area contributed by atoms with E-state index in [4.69, 9.17) is 27.9 Å². The molecule has 194 valence electrons. The number of phenols is 1. The molecule has 0 aromatic heterocycles. The topological polar surface area (TPSA) is 114 Å². The molecule has 0 saturated heterocycles. The van der Waals surface area contributed by atoms with Gasteiger partial charge in [0.15, 0.2) is 5.75 Å². The van der Waals surface area contributed by atoms with E-state index in [2.05, 4.69) is 29.2 Å². The number of aromatic hydroxyl groups is 1. The second-order valence-corrected chi connectivity index (χ2v) is 9.12. The predicted molar refractivity (Wildman–Crippen MR) is 142 cm³/mol. The minimum absolute atomic E-state index is 0.00173. The number of nitrogens with one attached hydrogen (secondary N) is 2. The van der Waals surface area contributed by atoms with Crippen molar-refractivity contribution in [2.45, 2.75) is 33.2 Å². The van der Waals surface area contributed by atoms with E-state index >= 15 is 0 Å². The molecule has 0 aliphatic rings. The van der Waals surface area contributed by atoms with E-state index in [9.17, 15) is 19.5 Å². The molecule has 0 unspecified atom stereocenters. The van der Waals surface area contributed by atoms with Gasteiger partial charge in [-0.15, -0.1) is 0 Å². The molecule has 3 aromatic carbocycles. The summed E-state index contributed by atoms with van der Waals surface area (Å²) >= 11 is 12.6. The van der Waals surface area contributed by atoms with Gasteiger partial charge in [0.2, 0.25) is 0 Å². The number of anilines is 1. The van der Waals surface area contributed by atoms with E-state index in [0.717, 1.165) is 5.56 Å². The van der Waals surface area contributed by atoms with Gasteiger partial charge in [-0.1, -0.05) is 61.3 Å². The monoisotopic (exact) mass is 544 g/mol. The lowest BCUT2D eigenvalue weighted by Gasteiger charge is -2.14. The fraction of sp³-hybridized carbons (Fsp3) is 0.222. The van der Waals surface area contributed by atoms with Crippen LogP contribution in [0.1, 0.15) is 48.2 Å². The fourth-order valence-corrected chi connectivity index (χ4v) is 3.85. The van der Waals surface area contributed by atoms with Crippen LogP contribution in [0.3, 0.4) is 0 Å². The third-order valence-corrected chi connectivity index (χ3v) is 5.81. The number of benzene rings is 3. The molecule has 0 fully saturated rings. The summed E-state index contributed by atoms with van der Waals surface area (Å²) in [6.45, 7) is 6.12. The second kappa shape index (κ2) is 12.5. The number of ether oxygens (including phenoxy) is 2. The third-order valence-electron chi connectivity index (χ3n) is 5.25. The highest BCUT2D eigenvalue weighted by atomic mass is 35.5. The minimum atomic E-state index is -1.04. The van der Waals surface area contributed by atoms with E-state index in [1.54, 1.807) is 6.92 Å². The Morgan fingerprint density at radius 3 is 2.22 bits per heavy atom. The number of hydrogen-bond donors (Lipinski definition) is 3. The summed E-state index contributed by atoms with van der Waals surface area (Å²) in [4.78, 5) is 36.1. The van der Waals surface area contributed by atoms with Gasteiger partial charge in [-0.05, 0) is 54.3 Å². The van der Waals surface area contributed by atoms with E-state index in [-0.39, 0.29) is 51.7 Å². The van der Waals surface area contributed by atoms with E-state index < -0.39 is 17.8 Å². The lowest BCUT2D eigenvalue weighted by Crippen LogP contribution is -2.24. The van der Waals surface area contributed by atoms with Crippen molar-refractivity contribution in [3.63, 3.8) is 0 Å². The first kappa shape index (κ1) is 27.8. The number of carbonyl (C=O) groups is 3. The summed E-state index contributed by atoms with van der Waals surface area (Å²) < 4.78 is 10.4. The minimum Gasteiger partial charge on any atom is -0.507 e.